The minimum atomic E-state index is -1.25. The molecule has 1 aromatic rings. The lowest BCUT2D eigenvalue weighted by Gasteiger charge is -2.33. The van der Waals surface area contributed by atoms with E-state index >= 15 is 0 Å². The summed E-state index contributed by atoms with van der Waals surface area (Å²) in [6.07, 6.45) is 2.26. The first-order valence-corrected chi connectivity index (χ1v) is 8.77. The zero-order chi connectivity index (χ0) is 18.8. The fourth-order valence-corrected chi connectivity index (χ4v) is 3.59. The summed E-state index contributed by atoms with van der Waals surface area (Å²) in [4.78, 5) is 24.4. The smallest absolute Gasteiger partial charge is 0.534 e. The molecule has 1 fully saturated rings. The summed E-state index contributed by atoms with van der Waals surface area (Å²) in [6, 6.07) is 4.80. The first-order valence-electron chi connectivity index (χ1n) is 8.77. The van der Waals surface area contributed by atoms with Gasteiger partial charge in [-0.25, -0.2) is 4.79 Å². The highest BCUT2D eigenvalue weighted by molar-refractivity contribution is 6.47. The number of benzene rings is 1. The van der Waals surface area contributed by atoms with Gasteiger partial charge in [0.15, 0.2) is 0 Å². The maximum atomic E-state index is 12.5. The van der Waals surface area contributed by atoms with E-state index < -0.39 is 19.0 Å². The van der Waals surface area contributed by atoms with Gasteiger partial charge in [0.25, 0.3) is 0 Å². The number of nitrogens with two attached hydrogens (primary N) is 2. The number of fused-ring (bicyclic) bond motifs is 1. The third-order valence-corrected chi connectivity index (χ3v) is 5.18. The highest BCUT2D eigenvalue weighted by Crippen LogP contribution is 2.31. The molecule has 0 saturated heterocycles. The zero-order valence-electron chi connectivity index (χ0n) is 14.7. The van der Waals surface area contributed by atoms with Gasteiger partial charge in [-0.05, 0) is 37.3 Å². The Morgan fingerprint density at radius 3 is 2.77 bits per heavy atom. The third-order valence-electron chi connectivity index (χ3n) is 5.18. The van der Waals surface area contributed by atoms with Gasteiger partial charge >= 0.3 is 13.1 Å². The van der Waals surface area contributed by atoms with Crippen LogP contribution in [0.25, 0.3) is 0 Å². The van der Waals surface area contributed by atoms with Gasteiger partial charge in [0.2, 0.25) is 5.91 Å². The van der Waals surface area contributed by atoms with Gasteiger partial charge in [0.1, 0.15) is 11.3 Å². The lowest BCUT2D eigenvalue weighted by Crippen LogP contribution is -2.56. The summed E-state index contributed by atoms with van der Waals surface area (Å²) in [6.45, 7) is 0. The predicted octanol–water partition coefficient (Wildman–Crippen LogP) is -0.633. The highest BCUT2D eigenvalue weighted by Gasteiger charge is 2.39. The van der Waals surface area contributed by atoms with Gasteiger partial charge in [-0.2, -0.15) is 0 Å². The summed E-state index contributed by atoms with van der Waals surface area (Å²) in [5.74, 6) is -1.23. The van der Waals surface area contributed by atoms with Crippen molar-refractivity contribution in [3.63, 3.8) is 0 Å². The molecule has 2 aliphatic rings. The molecule has 0 spiro atoms. The van der Waals surface area contributed by atoms with Gasteiger partial charge in [-0.3, -0.25) is 4.79 Å². The highest BCUT2D eigenvalue weighted by atomic mass is 16.5. The molecule has 0 bridgehead atoms. The number of carbonyl (C=O) groups excluding carboxylic acids is 2. The Bertz CT molecular complexity index is 701. The normalized spacial score (nSPS) is 27.9. The van der Waals surface area contributed by atoms with Crippen molar-refractivity contribution in [2.75, 3.05) is 7.11 Å². The molecule has 3 rings (SSSR count). The molecule has 1 amide bonds. The Morgan fingerprint density at radius 2 is 2.08 bits per heavy atom. The number of nitrogens with one attached hydrogen (secondary N) is 1. The first-order chi connectivity index (χ1) is 12.4. The van der Waals surface area contributed by atoms with Crippen LogP contribution in [-0.4, -0.2) is 49.2 Å². The number of hydrogen-bond acceptors (Lipinski definition) is 7. The van der Waals surface area contributed by atoms with E-state index in [0.29, 0.717) is 31.4 Å². The molecular weight excluding hydrogens is 337 g/mol. The monoisotopic (exact) mass is 361 g/mol. The molecule has 1 aliphatic carbocycles. The second-order valence-electron chi connectivity index (χ2n) is 6.95. The van der Waals surface area contributed by atoms with Crippen LogP contribution in [-0.2, 0) is 16.0 Å². The number of esters is 1. The number of ether oxygens (including phenoxy) is 1. The molecule has 9 heteroatoms. The SMILES string of the molecule is COC(=O)c1cccc2c1OB(O)[C@@H](NC(=O)[C@@H]1CC[C@@H](N)[C@H](N)C1)C2. The standard InChI is InChI=1S/C17H24BN3O5/c1-25-17(23)11-4-2-3-9-8-14(18(24)26-15(9)11)21-16(22)10-5-6-12(19)13(20)7-10/h2-4,10,12-14,24H,5-8,19-20H2,1H3,(H,21,22)/t10-,12-,13-,14+/m1/s1. The Balaban J connectivity index is 1.70. The van der Waals surface area contributed by atoms with Crippen molar-refractivity contribution in [1.82, 2.24) is 5.32 Å². The summed E-state index contributed by atoms with van der Waals surface area (Å²) in [5, 5.41) is 13.2. The summed E-state index contributed by atoms with van der Waals surface area (Å²) >= 11 is 0. The quantitative estimate of drug-likeness (QED) is 0.415. The fourth-order valence-electron chi connectivity index (χ4n) is 3.59. The summed E-state index contributed by atoms with van der Waals surface area (Å²) in [7, 11) is 0.0295. The molecule has 0 radical (unpaired) electrons. The van der Waals surface area contributed by atoms with Gasteiger partial charge in [0, 0.05) is 18.0 Å². The largest absolute Gasteiger partial charge is 0.547 e. The molecule has 1 aromatic carbocycles. The number of methoxy groups -OCH3 is 1. The molecule has 6 N–H and O–H groups in total. The maximum absolute atomic E-state index is 12.5. The van der Waals surface area contributed by atoms with E-state index in [0.717, 1.165) is 5.56 Å². The summed E-state index contributed by atoms with van der Waals surface area (Å²) in [5.41, 5.74) is 12.8. The molecule has 1 heterocycles. The molecule has 0 aromatic heterocycles. The Hall–Kier alpha value is -2.10. The molecule has 1 aliphatic heterocycles. The van der Waals surface area contributed by atoms with Gasteiger partial charge in [-0.1, -0.05) is 12.1 Å². The molecule has 4 atom stereocenters. The van der Waals surface area contributed by atoms with Crippen molar-refractivity contribution in [2.24, 2.45) is 17.4 Å². The van der Waals surface area contributed by atoms with E-state index in [1.807, 2.05) is 0 Å². The Morgan fingerprint density at radius 1 is 1.31 bits per heavy atom. The average Bonchev–Trinajstić information content (AvgIpc) is 2.63. The maximum Gasteiger partial charge on any atom is 0.547 e. The van der Waals surface area contributed by atoms with Crippen LogP contribution in [0.5, 0.6) is 5.75 Å². The number of hydrogen-bond donors (Lipinski definition) is 4. The van der Waals surface area contributed by atoms with E-state index in [2.05, 4.69) is 5.32 Å². The Labute approximate surface area is 152 Å². The van der Waals surface area contributed by atoms with Gasteiger partial charge in [0.05, 0.1) is 13.1 Å². The Kier molecular flexibility index (Phi) is 5.50. The van der Waals surface area contributed by atoms with Crippen LogP contribution in [0.2, 0.25) is 0 Å². The minimum Gasteiger partial charge on any atom is -0.534 e. The van der Waals surface area contributed by atoms with Crippen molar-refractivity contribution in [3.8, 4) is 5.75 Å². The van der Waals surface area contributed by atoms with Gasteiger partial charge in [-0.15, -0.1) is 0 Å². The van der Waals surface area contributed by atoms with Crippen molar-refractivity contribution in [1.29, 1.82) is 0 Å². The summed E-state index contributed by atoms with van der Waals surface area (Å²) < 4.78 is 10.3. The van der Waals surface area contributed by atoms with Crippen LogP contribution in [0.15, 0.2) is 18.2 Å². The van der Waals surface area contributed by atoms with E-state index in [9.17, 15) is 14.6 Å². The van der Waals surface area contributed by atoms with E-state index in [1.54, 1.807) is 18.2 Å². The lowest BCUT2D eigenvalue weighted by molar-refractivity contribution is -0.126. The predicted molar refractivity (Wildman–Crippen MR) is 95.3 cm³/mol. The zero-order valence-corrected chi connectivity index (χ0v) is 14.7. The molecule has 1 saturated carbocycles. The van der Waals surface area contributed by atoms with Crippen LogP contribution in [0, 0.1) is 5.92 Å². The molecule has 140 valence electrons. The van der Waals surface area contributed by atoms with Crippen molar-refractivity contribution >= 4 is 19.0 Å². The van der Waals surface area contributed by atoms with Crippen molar-refractivity contribution in [2.45, 2.75) is 43.7 Å². The molecular formula is C17H24BN3O5. The van der Waals surface area contributed by atoms with Gasteiger partial charge < -0.3 is 31.2 Å². The number of carbonyl (C=O) groups is 2. The average molecular weight is 361 g/mol. The third kappa shape index (κ3) is 3.69. The van der Waals surface area contributed by atoms with Crippen molar-refractivity contribution in [3.05, 3.63) is 29.3 Å². The second-order valence-corrected chi connectivity index (χ2v) is 6.95. The van der Waals surface area contributed by atoms with Crippen molar-refractivity contribution < 1.29 is 24.0 Å². The minimum absolute atomic E-state index is 0.0775. The number of amides is 1. The van der Waals surface area contributed by atoms with Crippen LogP contribution in [0.1, 0.15) is 35.2 Å². The van der Waals surface area contributed by atoms with E-state index in [-0.39, 0.29) is 29.5 Å². The topological polar surface area (TPSA) is 137 Å². The fraction of sp³-hybridized carbons (Fsp3) is 0.529. The molecule has 26 heavy (non-hydrogen) atoms. The van der Waals surface area contributed by atoms with Crippen LogP contribution in [0.3, 0.4) is 0 Å². The second kappa shape index (κ2) is 7.65. The number of para-hydroxylation sites is 1. The van der Waals surface area contributed by atoms with E-state index in [1.165, 1.54) is 7.11 Å². The van der Waals surface area contributed by atoms with Crippen LogP contribution in [0.4, 0.5) is 0 Å². The lowest BCUT2D eigenvalue weighted by atomic mass is 9.71. The molecule has 8 nitrogen and oxygen atoms in total. The van der Waals surface area contributed by atoms with Crippen LogP contribution >= 0.6 is 0 Å². The van der Waals surface area contributed by atoms with E-state index in [4.69, 9.17) is 20.9 Å². The first kappa shape index (κ1) is 18.7. The number of rotatable bonds is 3. The van der Waals surface area contributed by atoms with Crippen LogP contribution < -0.4 is 21.4 Å². The molecule has 0 unspecified atom stereocenters.